The maximum absolute atomic E-state index is 11.9. The van der Waals surface area contributed by atoms with Crippen LogP contribution in [0.3, 0.4) is 0 Å². The minimum atomic E-state index is -0.718. The maximum Gasteiger partial charge on any atom is 0.291 e. The van der Waals surface area contributed by atoms with Gasteiger partial charge in [0.25, 0.3) is 11.6 Å². The highest BCUT2D eigenvalue weighted by atomic mass is 35.5. The molecule has 0 atom stereocenters. The zero-order chi connectivity index (χ0) is 16.0. The normalized spacial score (nSPS) is 10.7. The number of nitro groups is 1. The van der Waals surface area contributed by atoms with E-state index in [1.807, 2.05) is 13.8 Å². The van der Waals surface area contributed by atoms with E-state index in [4.69, 9.17) is 11.6 Å². The zero-order valence-corrected chi connectivity index (χ0v) is 12.7. The highest BCUT2D eigenvalue weighted by molar-refractivity contribution is 6.33. The summed E-state index contributed by atoms with van der Waals surface area (Å²) in [5.41, 5.74) is -0.515. The van der Waals surface area contributed by atoms with Crippen molar-refractivity contribution in [3.05, 3.63) is 32.8 Å². The molecular weight excluding hydrogens is 298 g/mol. The van der Waals surface area contributed by atoms with E-state index < -0.39 is 22.3 Å². The average molecular weight is 316 g/mol. The molecule has 0 saturated heterocycles. The Balaban J connectivity index is 2.75. The van der Waals surface area contributed by atoms with Gasteiger partial charge in [-0.05, 0) is 19.2 Å². The number of aromatic hydroxyl groups is 1. The third-order valence-electron chi connectivity index (χ3n) is 3.11. The number of hydrogen-bond acceptors (Lipinski definition) is 5. The Morgan fingerprint density at radius 3 is 2.57 bits per heavy atom. The van der Waals surface area contributed by atoms with Crippen LogP contribution < -0.4 is 5.32 Å². The summed E-state index contributed by atoms with van der Waals surface area (Å²) in [6.07, 6.45) is 0. The first kappa shape index (κ1) is 17.2. The Kier molecular flexibility index (Phi) is 6.39. The highest BCUT2D eigenvalue weighted by Gasteiger charge is 2.20. The molecule has 1 amide bonds. The van der Waals surface area contributed by atoms with Crippen molar-refractivity contribution in [3.63, 3.8) is 0 Å². The van der Waals surface area contributed by atoms with Gasteiger partial charge in [-0.1, -0.05) is 25.4 Å². The summed E-state index contributed by atoms with van der Waals surface area (Å²) < 4.78 is 0. The minimum Gasteiger partial charge on any atom is -0.507 e. The van der Waals surface area contributed by atoms with Crippen LogP contribution in [0.15, 0.2) is 12.1 Å². The molecule has 2 N–H and O–H groups in total. The summed E-state index contributed by atoms with van der Waals surface area (Å²) in [6, 6.07) is 1.98. The largest absolute Gasteiger partial charge is 0.507 e. The Bertz CT molecular complexity index is 532. The second-order valence-corrected chi connectivity index (χ2v) is 4.77. The Morgan fingerprint density at radius 2 is 2.05 bits per heavy atom. The molecule has 0 bridgehead atoms. The Hall–Kier alpha value is -1.86. The van der Waals surface area contributed by atoms with E-state index in [1.54, 1.807) is 0 Å². The van der Waals surface area contributed by atoms with Crippen LogP contribution in [0, 0.1) is 10.1 Å². The van der Waals surface area contributed by atoms with Crippen molar-refractivity contribution in [2.45, 2.75) is 13.8 Å². The van der Waals surface area contributed by atoms with E-state index in [9.17, 15) is 20.0 Å². The number of likely N-dealkylation sites (N-methyl/N-ethyl adjacent to an activating group) is 1. The van der Waals surface area contributed by atoms with Crippen LogP contribution in [-0.2, 0) is 0 Å². The Morgan fingerprint density at radius 1 is 1.43 bits per heavy atom. The lowest BCUT2D eigenvalue weighted by Crippen LogP contribution is -2.34. The molecule has 1 aromatic rings. The number of phenols is 1. The first-order valence-electron chi connectivity index (χ1n) is 6.58. The van der Waals surface area contributed by atoms with Crippen LogP contribution in [0.5, 0.6) is 5.75 Å². The van der Waals surface area contributed by atoms with Gasteiger partial charge in [0.1, 0.15) is 10.8 Å². The van der Waals surface area contributed by atoms with Crippen LogP contribution in [-0.4, -0.2) is 47.0 Å². The summed E-state index contributed by atoms with van der Waals surface area (Å²) in [5.74, 6) is -0.983. The molecule has 0 radical (unpaired) electrons. The third kappa shape index (κ3) is 4.57. The molecule has 0 saturated carbocycles. The summed E-state index contributed by atoms with van der Waals surface area (Å²) in [4.78, 5) is 24.0. The standard InChI is InChI=1S/C13H18ClN3O4/c1-3-16(4-2)6-5-15-13(19)9-7-10(14)11(17(20)21)8-12(9)18/h7-8,18H,3-6H2,1-2H3,(H,15,19). The van der Waals surface area contributed by atoms with Crippen molar-refractivity contribution in [2.75, 3.05) is 26.2 Å². The summed E-state index contributed by atoms with van der Waals surface area (Å²) in [7, 11) is 0. The SMILES string of the molecule is CCN(CC)CCNC(=O)c1cc(Cl)c([N+](=O)[O-])cc1O. The minimum absolute atomic E-state index is 0.0786. The fraction of sp³-hybridized carbons (Fsp3) is 0.462. The molecule has 0 heterocycles. The lowest BCUT2D eigenvalue weighted by atomic mass is 10.1. The van der Waals surface area contributed by atoms with E-state index in [1.165, 1.54) is 0 Å². The molecule has 0 spiro atoms. The van der Waals surface area contributed by atoms with Gasteiger partial charge in [-0.15, -0.1) is 0 Å². The van der Waals surface area contributed by atoms with E-state index in [0.717, 1.165) is 25.2 Å². The van der Waals surface area contributed by atoms with Crippen molar-refractivity contribution >= 4 is 23.2 Å². The number of halogens is 1. The van der Waals surface area contributed by atoms with Crippen molar-refractivity contribution in [2.24, 2.45) is 0 Å². The molecule has 116 valence electrons. The number of hydrogen-bond donors (Lipinski definition) is 2. The summed E-state index contributed by atoms with van der Waals surface area (Å²) >= 11 is 5.73. The first-order valence-corrected chi connectivity index (χ1v) is 6.95. The predicted octanol–water partition coefficient (Wildman–Crippen LogP) is 2.03. The molecule has 0 aliphatic carbocycles. The number of carbonyl (C=O) groups excluding carboxylic acids is 1. The smallest absolute Gasteiger partial charge is 0.291 e. The number of rotatable bonds is 7. The third-order valence-corrected chi connectivity index (χ3v) is 3.42. The molecule has 0 aromatic heterocycles. The Labute approximate surface area is 127 Å². The van der Waals surface area contributed by atoms with Gasteiger partial charge in [-0.25, -0.2) is 0 Å². The number of nitro benzene ring substituents is 1. The molecule has 1 aromatic carbocycles. The molecule has 0 aliphatic rings. The number of amides is 1. The lowest BCUT2D eigenvalue weighted by molar-refractivity contribution is -0.384. The fourth-order valence-electron chi connectivity index (χ4n) is 1.84. The number of nitrogens with zero attached hydrogens (tertiary/aromatic N) is 2. The topological polar surface area (TPSA) is 95.7 Å². The van der Waals surface area contributed by atoms with Crippen LogP contribution in [0.2, 0.25) is 5.02 Å². The van der Waals surface area contributed by atoms with Gasteiger partial charge < -0.3 is 15.3 Å². The van der Waals surface area contributed by atoms with E-state index in [0.29, 0.717) is 13.1 Å². The second-order valence-electron chi connectivity index (χ2n) is 4.36. The van der Waals surface area contributed by atoms with Gasteiger partial charge in [0, 0.05) is 13.1 Å². The van der Waals surface area contributed by atoms with Gasteiger partial charge in [0.2, 0.25) is 0 Å². The van der Waals surface area contributed by atoms with Gasteiger partial charge >= 0.3 is 0 Å². The van der Waals surface area contributed by atoms with Gasteiger partial charge in [0.05, 0.1) is 16.6 Å². The number of phenolic OH excluding ortho intramolecular Hbond substituents is 1. The predicted molar refractivity (Wildman–Crippen MR) is 79.9 cm³/mol. The summed E-state index contributed by atoms with van der Waals surface area (Å²) in [6.45, 7) is 6.89. The van der Waals surface area contributed by atoms with Crippen LogP contribution >= 0.6 is 11.6 Å². The molecule has 0 aliphatic heterocycles. The van der Waals surface area contributed by atoms with E-state index >= 15 is 0 Å². The molecule has 0 unspecified atom stereocenters. The average Bonchev–Trinajstić information content (AvgIpc) is 2.45. The van der Waals surface area contributed by atoms with Gasteiger partial charge in [0.15, 0.2) is 0 Å². The van der Waals surface area contributed by atoms with Crippen LogP contribution in [0.4, 0.5) is 5.69 Å². The van der Waals surface area contributed by atoms with E-state index in [2.05, 4.69) is 10.2 Å². The molecule has 21 heavy (non-hydrogen) atoms. The van der Waals surface area contributed by atoms with E-state index in [-0.39, 0.29) is 10.6 Å². The van der Waals surface area contributed by atoms with Gasteiger partial charge in [-0.2, -0.15) is 0 Å². The first-order chi connectivity index (χ1) is 9.90. The molecule has 7 nitrogen and oxygen atoms in total. The molecule has 1 rings (SSSR count). The van der Waals surface area contributed by atoms with Crippen LogP contribution in [0.25, 0.3) is 0 Å². The lowest BCUT2D eigenvalue weighted by Gasteiger charge is -2.18. The number of carbonyl (C=O) groups is 1. The van der Waals surface area contributed by atoms with Crippen molar-refractivity contribution in [1.29, 1.82) is 0 Å². The summed E-state index contributed by atoms with van der Waals surface area (Å²) in [5, 5.41) is 22.8. The molecule has 8 heteroatoms. The zero-order valence-electron chi connectivity index (χ0n) is 11.9. The van der Waals surface area contributed by atoms with Crippen molar-refractivity contribution in [1.82, 2.24) is 10.2 Å². The van der Waals surface area contributed by atoms with Crippen molar-refractivity contribution in [3.8, 4) is 5.75 Å². The molecule has 0 fully saturated rings. The van der Waals surface area contributed by atoms with Gasteiger partial charge in [-0.3, -0.25) is 14.9 Å². The number of benzene rings is 1. The molecular formula is C13H18ClN3O4. The number of nitrogens with one attached hydrogen (secondary N) is 1. The van der Waals surface area contributed by atoms with Crippen LogP contribution in [0.1, 0.15) is 24.2 Å². The highest BCUT2D eigenvalue weighted by Crippen LogP contribution is 2.31. The quantitative estimate of drug-likeness (QED) is 0.593. The van der Waals surface area contributed by atoms with Crippen molar-refractivity contribution < 1.29 is 14.8 Å². The monoisotopic (exact) mass is 315 g/mol. The second kappa shape index (κ2) is 7.80. The fourth-order valence-corrected chi connectivity index (χ4v) is 2.07. The maximum atomic E-state index is 11.9.